The van der Waals surface area contributed by atoms with Crippen molar-refractivity contribution < 1.29 is 45.3 Å². The van der Waals surface area contributed by atoms with Crippen molar-refractivity contribution in [2.45, 2.75) is 19.3 Å². The van der Waals surface area contributed by atoms with Crippen LogP contribution in [0.3, 0.4) is 0 Å². The Balaban J connectivity index is 0. The van der Waals surface area contributed by atoms with Crippen molar-refractivity contribution in [2.24, 2.45) is 0 Å². The molecule has 1 N–H and O–H groups in total. The van der Waals surface area contributed by atoms with Crippen LogP contribution in [-0.2, 0) is 40.2 Å². The summed E-state index contributed by atoms with van der Waals surface area (Å²) >= 11 is 0. The van der Waals surface area contributed by atoms with E-state index in [0.717, 1.165) is 0 Å². The molecule has 0 aromatic heterocycles. The Hall–Kier alpha value is -0.832. The van der Waals surface area contributed by atoms with E-state index in [0.29, 0.717) is 0 Å². The van der Waals surface area contributed by atoms with Crippen LogP contribution in [0.15, 0.2) is 0 Å². The Kier molecular flexibility index (Phi) is 8.81. The first-order valence-corrected chi connectivity index (χ1v) is 3.16. The van der Waals surface area contributed by atoms with Crippen LogP contribution < -0.4 is 0 Å². The molecule has 0 aromatic rings. The van der Waals surface area contributed by atoms with Crippen LogP contribution in [0.4, 0.5) is 0 Å². The minimum Gasteiger partial charge on any atom is -0.541 e. The average molecular weight is 355 g/mol. The normalized spacial score (nSPS) is 8.31. The van der Waals surface area contributed by atoms with Gasteiger partial charge in [-0.15, -0.1) is 0 Å². The molecule has 0 fully saturated rings. The molecule has 0 atom stereocenters. The molecule has 0 unspecified atom stereocenters. The number of carboxylic acids is 1. The van der Waals surface area contributed by atoms with Gasteiger partial charge in [0.2, 0.25) is 0 Å². The minimum absolute atomic E-state index is 0. The summed E-state index contributed by atoms with van der Waals surface area (Å²) in [5.74, 6) is -2.57. The van der Waals surface area contributed by atoms with E-state index in [4.69, 9.17) is 5.11 Å². The maximum absolute atomic E-state index is 10.6. The average Bonchev–Trinajstić information content (AvgIpc) is 1.84. The third-order valence-corrected chi connectivity index (χ3v) is 1.01. The van der Waals surface area contributed by atoms with Gasteiger partial charge in [-0.05, 0) is 0 Å². The predicted octanol–water partition coefficient (Wildman–Crippen LogP) is -0.513. The molecule has 0 saturated carbocycles. The van der Waals surface area contributed by atoms with Crippen molar-refractivity contribution in [2.75, 3.05) is 0 Å². The van der Waals surface area contributed by atoms with Gasteiger partial charge in [0.15, 0.2) is 5.78 Å². The van der Waals surface area contributed by atoms with E-state index in [1.165, 1.54) is 6.29 Å². The molecular formula is C7H7O5W-. The first kappa shape index (κ1) is 14.7. The Morgan fingerprint density at radius 2 is 1.62 bits per heavy atom. The smallest absolute Gasteiger partial charge is 0.310 e. The number of rotatable bonds is 6. The van der Waals surface area contributed by atoms with Gasteiger partial charge in [0.05, 0.1) is 6.42 Å². The second kappa shape index (κ2) is 7.80. The molecule has 0 amide bonds. The molecule has 0 bridgehead atoms. The summed E-state index contributed by atoms with van der Waals surface area (Å²) in [5.41, 5.74) is 0. The molecule has 0 radical (unpaired) electrons. The van der Waals surface area contributed by atoms with Gasteiger partial charge in [-0.3, -0.25) is 15.9 Å². The predicted molar refractivity (Wildman–Crippen MR) is 37.2 cm³/mol. The van der Waals surface area contributed by atoms with E-state index in [1.54, 1.807) is 0 Å². The van der Waals surface area contributed by atoms with Gasteiger partial charge in [0.1, 0.15) is 12.2 Å². The monoisotopic (exact) mass is 355 g/mol. The number of Topliss-reactive ketones (excluding diaryl/α,β-unsaturated/α-hetero) is 2. The van der Waals surface area contributed by atoms with E-state index >= 15 is 0 Å². The summed E-state index contributed by atoms with van der Waals surface area (Å²) in [6.07, 6.45) is -0.301. The summed E-state index contributed by atoms with van der Waals surface area (Å²) in [4.78, 5) is 40.8. The number of ketones is 2. The van der Waals surface area contributed by atoms with Crippen LogP contribution in [0.25, 0.3) is 0 Å². The van der Waals surface area contributed by atoms with Crippen LogP contribution in [0.5, 0.6) is 0 Å². The fourth-order valence-corrected chi connectivity index (χ4v) is 0.594. The molecule has 6 heteroatoms. The van der Waals surface area contributed by atoms with Crippen LogP contribution in [-0.4, -0.2) is 28.9 Å². The van der Waals surface area contributed by atoms with Gasteiger partial charge in [-0.2, -0.15) is 0 Å². The maximum Gasteiger partial charge on any atom is 0.310 e. The zero-order valence-electron chi connectivity index (χ0n) is 6.61. The van der Waals surface area contributed by atoms with Crippen LogP contribution in [0.2, 0.25) is 0 Å². The molecule has 0 rings (SSSR count). The van der Waals surface area contributed by atoms with Crippen LogP contribution in [0, 0.1) is 0 Å². The summed E-state index contributed by atoms with van der Waals surface area (Å²) < 4.78 is 0. The summed E-state index contributed by atoms with van der Waals surface area (Å²) in [7, 11) is 0. The molecule has 0 aliphatic carbocycles. The van der Waals surface area contributed by atoms with Gasteiger partial charge >= 0.3 is 5.97 Å². The second-order valence-corrected chi connectivity index (χ2v) is 2.15. The minimum atomic E-state index is -1.28. The Morgan fingerprint density at radius 3 is 2.00 bits per heavy atom. The number of carboxylic acid groups (broad SMARTS) is 1. The number of hydrogen-bond acceptors (Lipinski definition) is 4. The number of carbonyl (C=O) groups is 3. The van der Waals surface area contributed by atoms with E-state index < -0.39 is 36.8 Å². The molecule has 5 nitrogen and oxygen atoms in total. The van der Waals surface area contributed by atoms with Gasteiger partial charge in [0.25, 0.3) is 0 Å². The Labute approximate surface area is 88.8 Å². The van der Waals surface area contributed by atoms with Crippen LogP contribution in [0.1, 0.15) is 19.3 Å². The van der Waals surface area contributed by atoms with E-state index in [2.05, 4.69) is 0 Å². The molecule has 13 heavy (non-hydrogen) atoms. The Bertz CT molecular complexity index is 223. The van der Waals surface area contributed by atoms with Crippen molar-refractivity contribution in [1.29, 1.82) is 0 Å². The maximum atomic E-state index is 10.6. The van der Waals surface area contributed by atoms with Crippen molar-refractivity contribution in [1.82, 2.24) is 0 Å². The first-order valence-electron chi connectivity index (χ1n) is 3.16. The number of aliphatic carboxylic acids is 1. The van der Waals surface area contributed by atoms with Crippen molar-refractivity contribution in [3.05, 3.63) is 0 Å². The van der Waals surface area contributed by atoms with Gasteiger partial charge < -0.3 is 14.7 Å². The number of carbonyl (C=O) groups excluding carboxylic acids is 3. The second-order valence-electron chi connectivity index (χ2n) is 2.15. The fraction of sp³-hybridized carbons (Fsp3) is 0.429. The molecule has 0 saturated heterocycles. The van der Waals surface area contributed by atoms with E-state index in [1.807, 2.05) is 0 Å². The molecule has 0 aromatic carbocycles. The van der Waals surface area contributed by atoms with Gasteiger partial charge in [0, 0.05) is 21.1 Å². The number of hydrogen-bond donors (Lipinski definition) is 1. The molecule has 0 heterocycles. The topological polar surface area (TPSA) is 88.5 Å². The molecule has 0 aliphatic heterocycles. The molecule has 72 valence electrons. The van der Waals surface area contributed by atoms with Gasteiger partial charge in [-0.25, -0.2) is 0 Å². The molecule has 0 aliphatic rings. The SMILES string of the molecule is O=[C-]CC(=O)CC(=O)CC(=O)O.[W]. The van der Waals surface area contributed by atoms with Crippen LogP contribution >= 0.6 is 0 Å². The summed E-state index contributed by atoms with van der Waals surface area (Å²) in [6.45, 7) is 0. The van der Waals surface area contributed by atoms with Crippen molar-refractivity contribution >= 4 is 23.8 Å². The third-order valence-electron chi connectivity index (χ3n) is 1.01. The van der Waals surface area contributed by atoms with E-state index in [-0.39, 0.29) is 21.1 Å². The van der Waals surface area contributed by atoms with Crippen molar-refractivity contribution in [3.63, 3.8) is 0 Å². The zero-order valence-corrected chi connectivity index (χ0v) is 9.54. The standard InChI is InChI=1S/C7H7O5.W/c8-2-1-5(9)3-6(10)4-7(11)12;/h1,3-4H2,(H,11,12);/q-1;. The van der Waals surface area contributed by atoms with Crippen molar-refractivity contribution in [3.8, 4) is 0 Å². The third kappa shape index (κ3) is 9.08. The zero-order chi connectivity index (χ0) is 9.56. The largest absolute Gasteiger partial charge is 0.541 e. The quantitative estimate of drug-likeness (QED) is 0.512. The molecule has 0 spiro atoms. The Morgan fingerprint density at radius 1 is 1.08 bits per heavy atom. The van der Waals surface area contributed by atoms with E-state index in [9.17, 15) is 19.2 Å². The summed E-state index contributed by atoms with van der Waals surface area (Å²) in [5, 5.41) is 8.12. The van der Waals surface area contributed by atoms with Gasteiger partial charge in [-0.1, -0.05) is 6.42 Å². The molecular weight excluding hydrogens is 348 g/mol. The fourth-order valence-electron chi connectivity index (χ4n) is 0.594. The summed E-state index contributed by atoms with van der Waals surface area (Å²) in [6, 6.07) is 0. The first-order chi connectivity index (χ1) is 5.56.